The van der Waals surface area contributed by atoms with E-state index in [1.54, 1.807) is 0 Å². The number of nitrogens with zero attached hydrogens (tertiary/aromatic N) is 1. The summed E-state index contributed by atoms with van der Waals surface area (Å²) in [4.78, 5) is 3.96. The van der Waals surface area contributed by atoms with Gasteiger partial charge in [0.05, 0.1) is 6.54 Å². The molecule has 0 spiro atoms. The third-order valence-electron chi connectivity index (χ3n) is 3.17. The molecule has 4 N–H and O–H groups in total. The summed E-state index contributed by atoms with van der Waals surface area (Å²) in [6, 6.07) is 0. The number of hydrogen-bond acceptors (Lipinski definition) is 2. The second kappa shape index (κ2) is 15.7. The molecule has 0 atom stereocenters. The SMILES string of the molecule is CCCCCCCCCCCCSCCN=C(N)N. The number of hydrogen-bond donors (Lipinski definition) is 2. The summed E-state index contributed by atoms with van der Waals surface area (Å²) in [5.74, 6) is 2.49. The Morgan fingerprint density at radius 1 is 0.789 bits per heavy atom. The van der Waals surface area contributed by atoms with E-state index in [2.05, 4.69) is 11.9 Å². The van der Waals surface area contributed by atoms with Crippen molar-refractivity contribution in [2.45, 2.75) is 71.1 Å². The summed E-state index contributed by atoms with van der Waals surface area (Å²) < 4.78 is 0. The average molecular weight is 288 g/mol. The molecule has 4 heteroatoms. The van der Waals surface area contributed by atoms with E-state index in [-0.39, 0.29) is 5.96 Å². The molecule has 0 aromatic rings. The van der Waals surface area contributed by atoms with Crippen molar-refractivity contribution in [2.24, 2.45) is 16.5 Å². The molecule has 0 rings (SSSR count). The minimum absolute atomic E-state index is 0.208. The monoisotopic (exact) mass is 287 g/mol. The fourth-order valence-electron chi connectivity index (χ4n) is 2.03. The Morgan fingerprint density at radius 2 is 1.32 bits per heavy atom. The molecular formula is C15H33N3S. The Kier molecular flexibility index (Phi) is 15.4. The van der Waals surface area contributed by atoms with E-state index in [9.17, 15) is 0 Å². The maximum Gasteiger partial charge on any atom is 0.185 e. The van der Waals surface area contributed by atoms with Crippen LogP contribution in [0.4, 0.5) is 0 Å². The van der Waals surface area contributed by atoms with E-state index < -0.39 is 0 Å². The van der Waals surface area contributed by atoms with Crippen LogP contribution < -0.4 is 11.5 Å². The molecule has 0 bridgehead atoms. The topological polar surface area (TPSA) is 64.4 Å². The van der Waals surface area contributed by atoms with Crippen LogP contribution in [-0.2, 0) is 0 Å². The first-order chi connectivity index (χ1) is 9.27. The summed E-state index contributed by atoms with van der Waals surface area (Å²) >= 11 is 1.95. The van der Waals surface area contributed by atoms with Gasteiger partial charge in [-0.2, -0.15) is 11.8 Å². The van der Waals surface area contributed by atoms with Gasteiger partial charge in [0.15, 0.2) is 5.96 Å². The minimum atomic E-state index is 0.208. The zero-order chi connectivity index (χ0) is 14.2. The molecule has 0 amide bonds. The first-order valence-corrected chi connectivity index (χ1v) is 9.06. The third kappa shape index (κ3) is 17.6. The molecule has 0 aromatic carbocycles. The van der Waals surface area contributed by atoms with Crippen LogP contribution in [0.25, 0.3) is 0 Å². The van der Waals surface area contributed by atoms with E-state index in [0.29, 0.717) is 0 Å². The number of guanidine groups is 1. The highest BCUT2D eigenvalue weighted by Crippen LogP contribution is 2.12. The molecular weight excluding hydrogens is 254 g/mol. The maximum atomic E-state index is 5.26. The van der Waals surface area contributed by atoms with Crippen LogP contribution in [0.3, 0.4) is 0 Å². The molecule has 0 aliphatic carbocycles. The van der Waals surface area contributed by atoms with Crippen molar-refractivity contribution >= 4 is 17.7 Å². The zero-order valence-electron chi connectivity index (χ0n) is 12.7. The van der Waals surface area contributed by atoms with Gasteiger partial charge >= 0.3 is 0 Å². The fraction of sp³-hybridized carbons (Fsp3) is 0.933. The highest BCUT2D eigenvalue weighted by atomic mass is 32.2. The number of rotatable bonds is 14. The Labute approximate surface area is 124 Å². The lowest BCUT2D eigenvalue weighted by Gasteiger charge is -2.02. The predicted molar refractivity (Wildman–Crippen MR) is 89.8 cm³/mol. The second-order valence-corrected chi connectivity index (χ2v) is 6.33. The van der Waals surface area contributed by atoms with Crippen molar-refractivity contribution in [3.63, 3.8) is 0 Å². The van der Waals surface area contributed by atoms with E-state index in [1.807, 2.05) is 11.8 Å². The molecule has 3 nitrogen and oxygen atoms in total. The lowest BCUT2D eigenvalue weighted by atomic mass is 10.1. The van der Waals surface area contributed by atoms with E-state index in [1.165, 1.54) is 70.0 Å². The fourth-order valence-corrected chi connectivity index (χ4v) is 2.87. The van der Waals surface area contributed by atoms with E-state index in [4.69, 9.17) is 11.5 Å². The molecule has 0 unspecified atom stereocenters. The summed E-state index contributed by atoms with van der Waals surface area (Å²) in [6.45, 7) is 3.03. The van der Waals surface area contributed by atoms with Crippen LogP contribution in [0, 0.1) is 0 Å². The molecule has 19 heavy (non-hydrogen) atoms. The molecule has 0 heterocycles. The molecule has 0 radical (unpaired) electrons. The lowest BCUT2D eigenvalue weighted by Crippen LogP contribution is -2.23. The maximum absolute atomic E-state index is 5.26. The molecule has 0 saturated carbocycles. The van der Waals surface area contributed by atoms with Crippen molar-refractivity contribution in [3.05, 3.63) is 0 Å². The van der Waals surface area contributed by atoms with Gasteiger partial charge in [-0.15, -0.1) is 0 Å². The Bertz CT molecular complexity index is 204. The van der Waals surface area contributed by atoms with E-state index >= 15 is 0 Å². The molecule has 0 saturated heterocycles. The highest BCUT2D eigenvalue weighted by molar-refractivity contribution is 7.99. The average Bonchev–Trinajstić information content (AvgIpc) is 2.39. The molecule has 0 aliphatic rings. The van der Waals surface area contributed by atoms with E-state index in [0.717, 1.165) is 12.3 Å². The highest BCUT2D eigenvalue weighted by Gasteiger charge is 1.93. The van der Waals surface area contributed by atoms with Gasteiger partial charge in [0.2, 0.25) is 0 Å². The summed E-state index contributed by atoms with van der Waals surface area (Å²) in [5, 5.41) is 0. The van der Waals surface area contributed by atoms with Gasteiger partial charge in [0.25, 0.3) is 0 Å². The van der Waals surface area contributed by atoms with Crippen LogP contribution in [0.1, 0.15) is 71.1 Å². The van der Waals surface area contributed by atoms with Crippen LogP contribution in [0.5, 0.6) is 0 Å². The summed E-state index contributed by atoms with van der Waals surface area (Å²) in [7, 11) is 0. The molecule has 0 fully saturated rings. The number of nitrogens with two attached hydrogens (primary N) is 2. The van der Waals surface area contributed by atoms with Crippen LogP contribution >= 0.6 is 11.8 Å². The number of aliphatic imine (C=N–C) groups is 1. The predicted octanol–water partition coefficient (Wildman–Crippen LogP) is 3.91. The quantitative estimate of drug-likeness (QED) is 0.289. The number of unbranched alkanes of at least 4 members (excludes halogenated alkanes) is 9. The molecule has 0 aromatic heterocycles. The third-order valence-corrected chi connectivity index (χ3v) is 4.22. The van der Waals surface area contributed by atoms with Gasteiger partial charge in [-0.3, -0.25) is 4.99 Å². The Morgan fingerprint density at radius 3 is 1.84 bits per heavy atom. The summed E-state index contributed by atoms with van der Waals surface area (Å²) in [5.41, 5.74) is 10.5. The first-order valence-electron chi connectivity index (χ1n) is 7.90. The smallest absolute Gasteiger partial charge is 0.185 e. The van der Waals surface area contributed by atoms with Crippen molar-refractivity contribution < 1.29 is 0 Å². The van der Waals surface area contributed by atoms with Gasteiger partial charge in [-0.1, -0.05) is 64.7 Å². The van der Waals surface area contributed by atoms with Gasteiger partial charge in [-0.05, 0) is 12.2 Å². The lowest BCUT2D eigenvalue weighted by molar-refractivity contribution is 0.563. The summed E-state index contributed by atoms with van der Waals surface area (Å²) in [6.07, 6.45) is 14.0. The van der Waals surface area contributed by atoms with Gasteiger partial charge in [0.1, 0.15) is 0 Å². The van der Waals surface area contributed by atoms with Crippen molar-refractivity contribution in [1.82, 2.24) is 0 Å². The van der Waals surface area contributed by atoms with Crippen molar-refractivity contribution in [1.29, 1.82) is 0 Å². The largest absolute Gasteiger partial charge is 0.370 e. The normalized spacial score (nSPS) is 10.6. The first kappa shape index (κ1) is 18.6. The van der Waals surface area contributed by atoms with Crippen LogP contribution in [0.15, 0.2) is 4.99 Å². The number of thioether (sulfide) groups is 1. The Hall–Kier alpha value is -0.380. The second-order valence-electron chi connectivity index (χ2n) is 5.10. The molecule has 0 aliphatic heterocycles. The standard InChI is InChI=1S/C15H33N3S/c1-2-3-4-5-6-7-8-9-10-11-13-19-14-12-18-15(16)17/h2-14H2,1H3,(H4,16,17,18). The van der Waals surface area contributed by atoms with Gasteiger partial charge < -0.3 is 11.5 Å². The Balaban J connectivity index is 2.97. The van der Waals surface area contributed by atoms with Crippen LogP contribution in [-0.4, -0.2) is 24.0 Å². The van der Waals surface area contributed by atoms with Gasteiger partial charge in [0, 0.05) is 5.75 Å². The van der Waals surface area contributed by atoms with Crippen molar-refractivity contribution in [2.75, 3.05) is 18.1 Å². The van der Waals surface area contributed by atoms with Crippen LogP contribution in [0.2, 0.25) is 0 Å². The molecule has 114 valence electrons. The minimum Gasteiger partial charge on any atom is -0.370 e. The zero-order valence-corrected chi connectivity index (χ0v) is 13.5. The van der Waals surface area contributed by atoms with Gasteiger partial charge in [-0.25, -0.2) is 0 Å². The van der Waals surface area contributed by atoms with Crippen molar-refractivity contribution in [3.8, 4) is 0 Å².